The van der Waals surface area contributed by atoms with E-state index in [1.54, 1.807) is 0 Å². The molecule has 0 heterocycles. The van der Waals surface area contributed by atoms with Crippen molar-refractivity contribution in [2.45, 2.75) is 40.5 Å². The first kappa shape index (κ1) is 4.17. The molecule has 0 amide bonds. The van der Waals surface area contributed by atoms with Crippen molar-refractivity contribution in [3.63, 3.8) is 0 Å². The van der Waals surface area contributed by atoms with Gasteiger partial charge in [-0.3, -0.25) is 0 Å². The Morgan fingerprint density at radius 3 is 1.00 bits per heavy atom. The summed E-state index contributed by atoms with van der Waals surface area (Å²) >= 11 is 0. The van der Waals surface area contributed by atoms with Crippen LogP contribution in [-0.2, 0) is 0 Å². The number of hydrogen-bond acceptors (Lipinski definition) is 0. The number of hydrogen-bond donors (Lipinski definition) is 0. The van der Waals surface area contributed by atoms with Gasteiger partial charge in [0.1, 0.15) is 0 Å². The van der Waals surface area contributed by atoms with Gasteiger partial charge in [-0.05, 0) is 0 Å². The van der Waals surface area contributed by atoms with Gasteiger partial charge in [0.15, 0.2) is 0 Å². The Hall–Kier alpha value is 0. The Labute approximate surface area is 44.4 Å². The van der Waals surface area contributed by atoms with Gasteiger partial charge in [-0.15, -0.1) is 0 Å². The predicted octanol–water partition coefficient (Wildman–Crippen LogP) is 2.83. The molecule has 0 aromatic rings. The monoisotopic (exact) mass is 90.1 g/mol. The van der Waals surface area contributed by atoms with Crippen LogP contribution in [0.2, 0.25) is 0 Å². The van der Waals surface area contributed by atoms with Crippen LogP contribution in [0.25, 0.3) is 0 Å². The Balaban J connectivity index is 0. The van der Waals surface area contributed by atoms with E-state index in [-0.39, 0.29) is 12.8 Å². The van der Waals surface area contributed by atoms with Crippen LogP contribution in [-0.4, -0.2) is 0 Å². The lowest BCUT2D eigenvalue weighted by Crippen LogP contribution is -1.27. The van der Waals surface area contributed by atoms with Crippen LogP contribution in [0.3, 0.4) is 0 Å². The molecule has 0 radical (unpaired) electrons. The minimum atomic E-state index is 0.0833. The molecule has 6 heavy (non-hydrogen) atoms. The third kappa shape index (κ3) is 0. The molecule has 0 bridgehead atoms. The van der Waals surface area contributed by atoms with Gasteiger partial charge in [0, 0.05) is 2.74 Å². The summed E-state index contributed by atoms with van der Waals surface area (Å²) in [6, 6.07) is 0. The summed E-state index contributed by atoms with van der Waals surface area (Å²) in [6.45, 7) is 7.33. The molecule has 0 fully saturated rings. The topological polar surface area (TPSA) is 0 Å². The van der Waals surface area contributed by atoms with Crippen LogP contribution >= 0.6 is 0 Å². The fraction of sp³-hybridized carbons (Fsp3) is 1.00. The smallest absolute Gasteiger partial charge is 0.0261 e. The Morgan fingerprint density at radius 1 is 1.00 bits per heavy atom. The van der Waals surface area contributed by atoms with Crippen LogP contribution in [0, 0.1) is 0 Å². The standard InChI is InChI=1S/2C3H8/c2*1-3-2/h2*3H2,1-2H3/i2*3D. The van der Waals surface area contributed by atoms with Crippen LogP contribution in [0.5, 0.6) is 0 Å². The summed E-state index contributed by atoms with van der Waals surface area (Å²) in [7, 11) is 0. The summed E-state index contributed by atoms with van der Waals surface area (Å²) in [6.07, 6.45) is 0.167. The van der Waals surface area contributed by atoms with Crippen LogP contribution < -0.4 is 0 Å². The molecule has 0 aliphatic heterocycles. The molecule has 0 saturated heterocycles. The molecule has 0 aliphatic carbocycles. The van der Waals surface area contributed by atoms with Gasteiger partial charge in [0.25, 0.3) is 0 Å². The maximum absolute atomic E-state index is 6.58. The largest absolute Gasteiger partial charge is 0.0656 e. The van der Waals surface area contributed by atoms with E-state index >= 15 is 0 Å². The lowest BCUT2D eigenvalue weighted by molar-refractivity contribution is 1.09. The molecule has 0 nitrogen and oxygen atoms in total. The van der Waals surface area contributed by atoms with E-state index in [1.165, 1.54) is 0 Å². The van der Waals surface area contributed by atoms with Gasteiger partial charge in [-0.25, -0.2) is 0 Å². The molecule has 0 heteroatoms. The van der Waals surface area contributed by atoms with Crippen molar-refractivity contribution in [3.8, 4) is 0 Å². The minimum Gasteiger partial charge on any atom is -0.0656 e. The van der Waals surface area contributed by atoms with E-state index in [2.05, 4.69) is 0 Å². The van der Waals surface area contributed by atoms with Crippen molar-refractivity contribution >= 4 is 0 Å². The lowest BCUT2D eigenvalue weighted by Gasteiger charge is -1.48. The van der Waals surface area contributed by atoms with E-state index in [4.69, 9.17) is 2.74 Å². The van der Waals surface area contributed by atoms with Gasteiger partial charge < -0.3 is 0 Å². The molecule has 0 saturated carbocycles. The molecule has 0 atom stereocenters. The highest BCUT2D eigenvalue weighted by Gasteiger charge is 1.36. The molecule has 0 rings (SSSR count). The minimum absolute atomic E-state index is 0.0833. The van der Waals surface area contributed by atoms with Gasteiger partial charge in [0.2, 0.25) is 0 Å². The fourth-order valence-electron chi connectivity index (χ4n) is 0. The maximum Gasteiger partial charge on any atom is 0.0261 e. The van der Waals surface area contributed by atoms with E-state index in [0.29, 0.717) is 0 Å². The zero-order valence-electron chi connectivity index (χ0n) is 7.15. The van der Waals surface area contributed by atoms with Gasteiger partial charge in [-0.1, -0.05) is 40.5 Å². The molecule has 0 unspecified atom stereocenters. The van der Waals surface area contributed by atoms with Gasteiger partial charge in [-0.2, -0.15) is 0 Å². The Kier molecular flexibility index (Phi) is 13.9. The average molecular weight is 90.2 g/mol. The third-order valence-corrected chi connectivity index (χ3v) is 0. The predicted molar refractivity (Wildman–Crippen MR) is 31.9 cm³/mol. The quantitative estimate of drug-likeness (QED) is 0.429. The van der Waals surface area contributed by atoms with Gasteiger partial charge >= 0.3 is 0 Å². The van der Waals surface area contributed by atoms with E-state index in [1.807, 2.05) is 27.7 Å². The average Bonchev–Trinajstić information content (AvgIpc) is 1.25. The second kappa shape index (κ2) is 20.0. The molecule has 0 N–H and O–H groups in total. The maximum atomic E-state index is 6.58. The van der Waals surface area contributed by atoms with E-state index in [9.17, 15) is 0 Å². The van der Waals surface area contributed by atoms with E-state index in [0.717, 1.165) is 0 Å². The van der Waals surface area contributed by atoms with Crippen molar-refractivity contribution in [3.05, 3.63) is 0 Å². The van der Waals surface area contributed by atoms with Crippen molar-refractivity contribution in [2.75, 3.05) is 0 Å². The first-order valence-electron chi connectivity index (χ1n) is 3.46. The molecule has 0 spiro atoms. The lowest BCUT2D eigenvalue weighted by atomic mass is 10.6. The summed E-state index contributed by atoms with van der Waals surface area (Å²) in [4.78, 5) is 0. The van der Waals surface area contributed by atoms with E-state index < -0.39 is 0 Å². The summed E-state index contributed by atoms with van der Waals surface area (Å²) < 4.78 is 13.2. The second-order valence-corrected chi connectivity index (χ2v) is 1.15. The molecular formula is C6H16. The SMILES string of the molecule is [2H]C(C)C.[2H]C(C)C. The first-order valence-corrected chi connectivity index (χ1v) is 2.31. The Bertz CT molecular complexity index is 22.0. The summed E-state index contributed by atoms with van der Waals surface area (Å²) in [5.41, 5.74) is 0. The highest BCUT2D eigenvalue weighted by Crippen LogP contribution is 1.56. The van der Waals surface area contributed by atoms with Crippen molar-refractivity contribution in [2.24, 2.45) is 0 Å². The molecule has 40 valence electrons. The van der Waals surface area contributed by atoms with Crippen LogP contribution in [0.1, 0.15) is 43.2 Å². The van der Waals surface area contributed by atoms with Crippen molar-refractivity contribution in [1.29, 1.82) is 0 Å². The van der Waals surface area contributed by atoms with Crippen LogP contribution in [0.15, 0.2) is 0 Å². The Morgan fingerprint density at radius 2 is 1.00 bits per heavy atom. The fourth-order valence-corrected chi connectivity index (χ4v) is 0. The highest BCUT2D eigenvalue weighted by molar-refractivity contribution is 3.92. The number of rotatable bonds is 0. The van der Waals surface area contributed by atoms with Crippen molar-refractivity contribution in [1.82, 2.24) is 0 Å². The van der Waals surface area contributed by atoms with Crippen molar-refractivity contribution < 1.29 is 2.74 Å². The molecule has 0 aromatic heterocycles. The first-order chi connectivity index (χ1) is 3.46. The highest BCUT2D eigenvalue weighted by atomic mass is 13.4. The third-order valence-electron chi connectivity index (χ3n) is 0. The zero-order chi connectivity index (χ0) is 7.15. The molecular weight excluding hydrogens is 72.1 g/mol. The molecule has 0 aliphatic rings. The summed E-state index contributed by atoms with van der Waals surface area (Å²) in [5.74, 6) is 0. The van der Waals surface area contributed by atoms with Crippen LogP contribution in [0.4, 0.5) is 0 Å². The second-order valence-electron chi connectivity index (χ2n) is 1.15. The normalized spacial score (nSPS) is 12.3. The zero-order valence-corrected chi connectivity index (χ0v) is 5.15. The summed E-state index contributed by atoms with van der Waals surface area (Å²) in [5, 5.41) is 0. The van der Waals surface area contributed by atoms with Gasteiger partial charge in [0.05, 0.1) is 0 Å². The molecule has 0 aromatic carbocycles.